The summed E-state index contributed by atoms with van der Waals surface area (Å²) in [6, 6.07) is 6.32. The third-order valence-corrected chi connectivity index (χ3v) is 6.21. The monoisotopic (exact) mass is 421 g/mol. The molecule has 3 N–H and O–H groups in total. The number of fused-ring (bicyclic) bond motifs is 1. The van der Waals surface area contributed by atoms with Crippen molar-refractivity contribution in [2.24, 2.45) is 18.9 Å². The number of anilines is 3. The zero-order valence-electron chi connectivity index (χ0n) is 19.6. The second kappa shape index (κ2) is 8.69. The molecule has 4 rings (SSSR count). The molecule has 1 aliphatic carbocycles. The molecule has 3 aromatic rings. The van der Waals surface area contributed by atoms with Crippen LogP contribution < -0.4 is 20.7 Å². The summed E-state index contributed by atoms with van der Waals surface area (Å²) in [6.07, 6.45) is 6.20. The van der Waals surface area contributed by atoms with E-state index in [1.54, 1.807) is 0 Å². The van der Waals surface area contributed by atoms with E-state index in [1.807, 2.05) is 28.1 Å². The van der Waals surface area contributed by atoms with E-state index in [4.69, 9.17) is 9.72 Å². The highest BCUT2D eigenvalue weighted by molar-refractivity contribution is 6.03. The minimum atomic E-state index is 0.566. The van der Waals surface area contributed by atoms with Gasteiger partial charge in [-0.1, -0.05) is 19.8 Å². The van der Waals surface area contributed by atoms with Crippen molar-refractivity contribution in [2.75, 3.05) is 43.7 Å². The first-order valence-corrected chi connectivity index (χ1v) is 11.3. The molecule has 0 aliphatic heterocycles. The number of pyridine rings is 1. The lowest BCUT2D eigenvalue weighted by molar-refractivity contribution is 0.248. The van der Waals surface area contributed by atoms with E-state index in [-0.39, 0.29) is 0 Å². The van der Waals surface area contributed by atoms with E-state index in [2.05, 4.69) is 58.9 Å². The van der Waals surface area contributed by atoms with Crippen LogP contribution in [0.1, 0.15) is 31.9 Å². The molecule has 1 atom stereocenters. The Bertz CT molecular complexity index is 1060. The summed E-state index contributed by atoms with van der Waals surface area (Å²) in [5, 5.41) is 9.97. The quantitative estimate of drug-likeness (QED) is 0.426. The fourth-order valence-electron chi connectivity index (χ4n) is 4.47. The molecule has 1 fully saturated rings. The lowest BCUT2D eigenvalue weighted by Crippen LogP contribution is -2.10. The van der Waals surface area contributed by atoms with Gasteiger partial charge in [0.2, 0.25) is 0 Å². The van der Waals surface area contributed by atoms with Crippen molar-refractivity contribution in [2.45, 2.75) is 33.1 Å². The average Bonchev–Trinajstić information content (AvgIpc) is 3.52. The van der Waals surface area contributed by atoms with Crippen LogP contribution in [0.25, 0.3) is 22.2 Å². The Kier molecular flexibility index (Phi) is 5.99. The molecule has 0 bridgehead atoms. The van der Waals surface area contributed by atoms with Crippen LogP contribution in [-0.4, -0.2) is 37.3 Å². The van der Waals surface area contributed by atoms with Crippen LogP contribution in [0.3, 0.4) is 0 Å². The van der Waals surface area contributed by atoms with Gasteiger partial charge in [0, 0.05) is 74.3 Å². The standard InChI is InChI=1S/C25H35N5O/c1-15(9-17-7-8-17)14-31-22-10-16(2)29-24-19(13-30(6)25(22)24)23-20(27-4)11-18(26-3)12-21(23)28-5/h10-13,15,17,26-28H,7-9,14H2,1-6H3. The molecule has 1 aliphatic rings. The van der Waals surface area contributed by atoms with Gasteiger partial charge in [-0.2, -0.15) is 0 Å². The maximum absolute atomic E-state index is 6.37. The zero-order valence-corrected chi connectivity index (χ0v) is 19.6. The summed E-state index contributed by atoms with van der Waals surface area (Å²) in [5.41, 5.74) is 8.33. The summed E-state index contributed by atoms with van der Waals surface area (Å²) in [5.74, 6) is 2.40. The number of nitrogens with zero attached hydrogens (tertiary/aromatic N) is 2. The highest BCUT2D eigenvalue weighted by atomic mass is 16.5. The first-order chi connectivity index (χ1) is 14.9. The minimum Gasteiger partial charge on any atom is -0.491 e. The van der Waals surface area contributed by atoms with Gasteiger partial charge in [-0.05, 0) is 37.3 Å². The molecule has 0 spiro atoms. The third-order valence-electron chi connectivity index (χ3n) is 6.21. The Labute approximate surface area is 185 Å². The van der Waals surface area contributed by atoms with E-state index < -0.39 is 0 Å². The van der Waals surface area contributed by atoms with Crippen molar-refractivity contribution >= 4 is 28.1 Å². The molecule has 6 nitrogen and oxygen atoms in total. The number of hydrogen-bond donors (Lipinski definition) is 3. The van der Waals surface area contributed by atoms with Crippen LogP contribution in [-0.2, 0) is 7.05 Å². The molecule has 1 aromatic carbocycles. The van der Waals surface area contributed by atoms with Crippen molar-refractivity contribution in [1.29, 1.82) is 0 Å². The lowest BCUT2D eigenvalue weighted by atomic mass is 10.0. The van der Waals surface area contributed by atoms with E-state index in [0.29, 0.717) is 5.92 Å². The van der Waals surface area contributed by atoms with Crippen molar-refractivity contribution in [3.63, 3.8) is 0 Å². The second-order valence-corrected chi connectivity index (χ2v) is 8.90. The molecule has 0 saturated heterocycles. The summed E-state index contributed by atoms with van der Waals surface area (Å²) < 4.78 is 8.51. The van der Waals surface area contributed by atoms with Crippen LogP contribution in [0.15, 0.2) is 24.4 Å². The predicted molar refractivity (Wildman–Crippen MR) is 132 cm³/mol. The third kappa shape index (κ3) is 4.29. The SMILES string of the molecule is CNc1cc(NC)c(-c2cn(C)c3c(OCC(C)CC4CC4)cc(C)nc23)c(NC)c1. The molecule has 2 heterocycles. The Morgan fingerprint density at radius 3 is 2.35 bits per heavy atom. The molecular weight excluding hydrogens is 386 g/mol. The van der Waals surface area contributed by atoms with Crippen LogP contribution in [0.4, 0.5) is 17.1 Å². The fraction of sp³-hybridized carbons (Fsp3) is 0.480. The van der Waals surface area contributed by atoms with Crippen molar-refractivity contribution in [3.8, 4) is 16.9 Å². The van der Waals surface area contributed by atoms with Gasteiger partial charge in [-0.15, -0.1) is 0 Å². The summed E-state index contributed by atoms with van der Waals surface area (Å²) in [6.45, 7) is 5.08. The molecule has 1 unspecified atom stereocenters. The Balaban J connectivity index is 1.79. The van der Waals surface area contributed by atoms with Gasteiger partial charge < -0.3 is 25.3 Å². The normalized spacial score (nSPS) is 14.5. The van der Waals surface area contributed by atoms with Gasteiger partial charge >= 0.3 is 0 Å². The number of rotatable bonds is 9. The number of ether oxygens (including phenoxy) is 1. The maximum atomic E-state index is 6.37. The molecule has 2 aromatic heterocycles. The number of benzene rings is 1. The van der Waals surface area contributed by atoms with Gasteiger partial charge in [0.05, 0.1) is 6.61 Å². The van der Waals surface area contributed by atoms with E-state index in [0.717, 1.165) is 63.2 Å². The van der Waals surface area contributed by atoms with Crippen LogP contribution in [0, 0.1) is 18.8 Å². The van der Waals surface area contributed by atoms with Crippen LogP contribution >= 0.6 is 0 Å². The maximum Gasteiger partial charge on any atom is 0.146 e. The lowest BCUT2D eigenvalue weighted by Gasteiger charge is -2.17. The summed E-state index contributed by atoms with van der Waals surface area (Å²) in [4.78, 5) is 4.94. The van der Waals surface area contributed by atoms with Crippen molar-refractivity contribution < 1.29 is 4.74 Å². The number of aromatic nitrogens is 2. The molecule has 0 radical (unpaired) electrons. The highest BCUT2D eigenvalue weighted by Gasteiger charge is 2.24. The molecule has 166 valence electrons. The molecule has 6 heteroatoms. The second-order valence-electron chi connectivity index (χ2n) is 8.90. The van der Waals surface area contributed by atoms with Gasteiger partial charge in [0.25, 0.3) is 0 Å². The predicted octanol–water partition coefficient (Wildman–Crippen LogP) is 5.49. The first-order valence-electron chi connectivity index (χ1n) is 11.3. The number of nitrogens with one attached hydrogen (secondary N) is 3. The summed E-state index contributed by atoms with van der Waals surface area (Å²) in [7, 11) is 7.92. The van der Waals surface area contributed by atoms with Gasteiger partial charge in [0.1, 0.15) is 16.8 Å². The van der Waals surface area contributed by atoms with Gasteiger partial charge in [0.15, 0.2) is 0 Å². The number of hydrogen-bond acceptors (Lipinski definition) is 5. The number of aryl methyl sites for hydroxylation is 2. The van der Waals surface area contributed by atoms with Crippen LogP contribution in [0.2, 0.25) is 0 Å². The highest BCUT2D eigenvalue weighted by Crippen LogP contribution is 2.43. The first kappa shape index (κ1) is 21.3. The molecular formula is C25H35N5O. The largest absolute Gasteiger partial charge is 0.491 e. The van der Waals surface area contributed by atoms with E-state index in [9.17, 15) is 0 Å². The Morgan fingerprint density at radius 2 is 1.77 bits per heavy atom. The smallest absolute Gasteiger partial charge is 0.146 e. The van der Waals surface area contributed by atoms with Crippen molar-refractivity contribution in [3.05, 3.63) is 30.1 Å². The van der Waals surface area contributed by atoms with E-state index >= 15 is 0 Å². The van der Waals surface area contributed by atoms with E-state index in [1.165, 1.54) is 19.3 Å². The molecule has 31 heavy (non-hydrogen) atoms. The molecule has 0 amide bonds. The van der Waals surface area contributed by atoms with Crippen LogP contribution in [0.5, 0.6) is 5.75 Å². The topological polar surface area (TPSA) is 63.1 Å². The Hall–Kier alpha value is -2.89. The van der Waals surface area contributed by atoms with Crippen molar-refractivity contribution in [1.82, 2.24) is 9.55 Å². The Morgan fingerprint density at radius 1 is 1.10 bits per heavy atom. The van der Waals surface area contributed by atoms with Gasteiger partial charge in [-0.25, -0.2) is 0 Å². The fourth-order valence-corrected chi connectivity index (χ4v) is 4.47. The minimum absolute atomic E-state index is 0.566. The van der Waals surface area contributed by atoms with Gasteiger partial charge in [-0.3, -0.25) is 4.98 Å². The average molecular weight is 422 g/mol. The molecule has 1 saturated carbocycles. The zero-order chi connectivity index (χ0) is 22.1. The summed E-state index contributed by atoms with van der Waals surface area (Å²) >= 11 is 0.